The molecule has 0 aliphatic carbocycles. The highest BCUT2D eigenvalue weighted by Crippen LogP contribution is 2.45. The Morgan fingerprint density at radius 1 is 0.515 bits per heavy atom. The zero-order valence-electron chi connectivity index (χ0n) is 16.9. The van der Waals surface area contributed by atoms with Gasteiger partial charge < -0.3 is 4.57 Å². The summed E-state index contributed by atoms with van der Waals surface area (Å²) in [6.45, 7) is 0. The Morgan fingerprint density at radius 3 is 1.58 bits per heavy atom. The van der Waals surface area contributed by atoms with Crippen LogP contribution in [0.25, 0.3) is 38.6 Å². The second-order valence-corrected chi connectivity index (χ2v) is 7.64. The van der Waals surface area contributed by atoms with E-state index in [0.717, 1.165) is 33.9 Å². The molecular weight excluding hydrogens is 440 g/mol. The lowest BCUT2D eigenvalue weighted by molar-refractivity contribution is -0.161. The van der Waals surface area contributed by atoms with Gasteiger partial charge in [-0.25, -0.2) is 0 Å². The van der Waals surface area contributed by atoms with Crippen LogP contribution >= 0.6 is 0 Å². The van der Waals surface area contributed by atoms with Crippen LogP contribution in [0.3, 0.4) is 0 Å². The smallest absolute Gasteiger partial charge is 0.309 e. The predicted octanol–water partition coefficient (Wildman–Crippen LogP) is 8.49. The van der Waals surface area contributed by atoms with Crippen molar-refractivity contribution in [3.63, 3.8) is 0 Å². The number of alkyl halides is 6. The molecule has 0 fully saturated rings. The molecule has 0 atom stereocenters. The molecule has 0 N–H and O–H groups in total. The van der Waals surface area contributed by atoms with Crippen LogP contribution in [0.2, 0.25) is 0 Å². The van der Waals surface area contributed by atoms with Gasteiger partial charge in [0.25, 0.3) is 0 Å². The normalized spacial score (nSPS) is 12.5. The molecule has 7 heteroatoms. The molecular formula is C26H15F6N. The Labute approximate surface area is 184 Å². The Hall–Kier alpha value is -3.74. The molecule has 5 rings (SSSR count). The van der Waals surface area contributed by atoms with Crippen LogP contribution in [0.15, 0.2) is 91.0 Å². The third-order valence-electron chi connectivity index (χ3n) is 5.67. The quantitative estimate of drug-likeness (QED) is 0.235. The number of para-hydroxylation sites is 2. The molecule has 166 valence electrons. The van der Waals surface area contributed by atoms with E-state index >= 15 is 0 Å². The van der Waals surface area contributed by atoms with Crippen molar-refractivity contribution in [3.05, 3.63) is 102 Å². The lowest BCUT2D eigenvalue weighted by Gasteiger charge is -2.19. The van der Waals surface area contributed by atoms with Gasteiger partial charge >= 0.3 is 12.4 Å². The average Bonchev–Trinajstić information content (AvgIpc) is 3.12. The highest BCUT2D eigenvalue weighted by molar-refractivity contribution is 6.09. The minimum absolute atomic E-state index is 0.0537. The number of hydrogen-bond acceptors (Lipinski definition) is 0. The van der Waals surface area contributed by atoms with E-state index in [1.807, 2.05) is 53.1 Å². The van der Waals surface area contributed by atoms with Crippen molar-refractivity contribution in [1.29, 1.82) is 0 Å². The van der Waals surface area contributed by atoms with Crippen LogP contribution in [-0.2, 0) is 12.4 Å². The van der Waals surface area contributed by atoms with E-state index in [2.05, 4.69) is 0 Å². The van der Waals surface area contributed by atoms with Gasteiger partial charge in [-0.3, -0.25) is 0 Å². The van der Waals surface area contributed by atoms with Crippen molar-refractivity contribution in [1.82, 2.24) is 4.57 Å². The number of hydrogen-bond donors (Lipinski definition) is 0. The molecule has 0 spiro atoms. The van der Waals surface area contributed by atoms with E-state index in [1.165, 1.54) is 12.1 Å². The van der Waals surface area contributed by atoms with E-state index < -0.39 is 29.0 Å². The summed E-state index contributed by atoms with van der Waals surface area (Å²) in [4.78, 5) is 0. The SMILES string of the molecule is FC(F)(F)c1cccc(-c2ccc(-n3c4ccccc4c4ccccc43)cc2)c1C(F)(F)F. The van der Waals surface area contributed by atoms with Crippen molar-refractivity contribution in [2.75, 3.05) is 0 Å². The third-order valence-corrected chi connectivity index (χ3v) is 5.67. The fraction of sp³-hybridized carbons (Fsp3) is 0.0769. The van der Waals surface area contributed by atoms with Gasteiger partial charge in [0.1, 0.15) is 0 Å². The Balaban J connectivity index is 1.69. The van der Waals surface area contributed by atoms with Crippen LogP contribution in [0.1, 0.15) is 11.1 Å². The lowest BCUT2D eigenvalue weighted by Crippen LogP contribution is -2.17. The Kier molecular flexibility index (Phi) is 4.74. The summed E-state index contributed by atoms with van der Waals surface area (Å²) < 4.78 is 82.9. The highest BCUT2D eigenvalue weighted by Gasteiger charge is 2.44. The van der Waals surface area contributed by atoms with Crippen LogP contribution in [-0.4, -0.2) is 4.57 Å². The highest BCUT2D eigenvalue weighted by atomic mass is 19.4. The van der Waals surface area contributed by atoms with Crippen LogP contribution < -0.4 is 0 Å². The topological polar surface area (TPSA) is 4.93 Å². The molecule has 0 radical (unpaired) electrons. The molecule has 0 unspecified atom stereocenters. The zero-order chi connectivity index (χ0) is 23.4. The summed E-state index contributed by atoms with van der Waals surface area (Å²) in [5.74, 6) is 0. The van der Waals surface area contributed by atoms with Crippen molar-refractivity contribution in [3.8, 4) is 16.8 Å². The fourth-order valence-electron chi connectivity index (χ4n) is 4.33. The lowest BCUT2D eigenvalue weighted by atomic mass is 9.94. The minimum Gasteiger partial charge on any atom is -0.309 e. The molecule has 0 bridgehead atoms. The monoisotopic (exact) mass is 455 g/mol. The maximum absolute atomic E-state index is 13.7. The first-order valence-electron chi connectivity index (χ1n) is 10.0. The van der Waals surface area contributed by atoms with Crippen molar-refractivity contribution in [2.45, 2.75) is 12.4 Å². The van der Waals surface area contributed by atoms with Crippen molar-refractivity contribution < 1.29 is 26.3 Å². The maximum Gasteiger partial charge on any atom is 0.417 e. The van der Waals surface area contributed by atoms with Crippen LogP contribution in [0.5, 0.6) is 0 Å². The number of halogens is 6. The largest absolute Gasteiger partial charge is 0.417 e. The van der Waals surface area contributed by atoms with Gasteiger partial charge in [0.05, 0.1) is 22.2 Å². The van der Waals surface area contributed by atoms with Gasteiger partial charge in [0.2, 0.25) is 0 Å². The second-order valence-electron chi connectivity index (χ2n) is 7.64. The van der Waals surface area contributed by atoms with E-state index in [-0.39, 0.29) is 5.56 Å². The molecule has 0 saturated heterocycles. The van der Waals surface area contributed by atoms with Gasteiger partial charge in [-0.15, -0.1) is 0 Å². The van der Waals surface area contributed by atoms with E-state index in [1.54, 1.807) is 12.1 Å². The van der Waals surface area contributed by atoms with Gasteiger partial charge in [0, 0.05) is 16.5 Å². The minimum atomic E-state index is -5.16. The number of aromatic nitrogens is 1. The zero-order valence-corrected chi connectivity index (χ0v) is 16.9. The summed E-state index contributed by atoms with van der Waals surface area (Å²) in [5.41, 5.74) is -1.30. The number of benzene rings is 4. The first-order chi connectivity index (χ1) is 15.7. The Morgan fingerprint density at radius 2 is 1.06 bits per heavy atom. The fourth-order valence-corrected chi connectivity index (χ4v) is 4.33. The summed E-state index contributed by atoms with van der Waals surface area (Å²) in [6.07, 6.45) is -10.3. The molecule has 1 nitrogen and oxygen atoms in total. The third kappa shape index (κ3) is 3.53. The molecule has 33 heavy (non-hydrogen) atoms. The molecule has 0 saturated carbocycles. The first kappa shape index (κ1) is 21.1. The van der Waals surface area contributed by atoms with Gasteiger partial charge in [-0.1, -0.05) is 60.7 Å². The second kappa shape index (κ2) is 7.40. The number of nitrogens with zero attached hydrogens (tertiary/aromatic N) is 1. The summed E-state index contributed by atoms with van der Waals surface area (Å²) >= 11 is 0. The van der Waals surface area contributed by atoms with Crippen LogP contribution in [0.4, 0.5) is 26.3 Å². The molecule has 1 heterocycles. The molecule has 5 aromatic rings. The molecule has 0 amide bonds. The predicted molar refractivity (Wildman–Crippen MR) is 116 cm³/mol. The molecule has 0 aliphatic rings. The number of rotatable bonds is 2. The van der Waals surface area contributed by atoms with Crippen LogP contribution in [0, 0.1) is 0 Å². The van der Waals surface area contributed by atoms with Gasteiger partial charge in [0.15, 0.2) is 0 Å². The maximum atomic E-state index is 13.7. The van der Waals surface area contributed by atoms with Crippen molar-refractivity contribution in [2.24, 2.45) is 0 Å². The average molecular weight is 455 g/mol. The van der Waals surface area contributed by atoms with E-state index in [0.29, 0.717) is 11.8 Å². The van der Waals surface area contributed by atoms with E-state index in [9.17, 15) is 26.3 Å². The summed E-state index contributed by atoms with van der Waals surface area (Å²) in [5, 5.41) is 2.05. The number of fused-ring (bicyclic) bond motifs is 3. The van der Waals surface area contributed by atoms with Gasteiger partial charge in [-0.2, -0.15) is 26.3 Å². The molecule has 0 aliphatic heterocycles. The molecule has 1 aromatic heterocycles. The Bertz CT molecular complexity index is 1420. The van der Waals surface area contributed by atoms with Gasteiger partial charge in [-0.05, 0) is 41.5 Å². The molecule has 4 aromatic carbocycles. The standard InChI is InChI=1S/C26H15F6N/c27-25(28,29)21-9-5-8-18(24(21)26(30,31)32)16-12-14-17(15-13-16)33-22-10-3-1-6-19(22)20-7-2-4-11-23(20)33/h1-15H. The van der Waals surface area contributed by atoms with E-state index in [4.69, 9.17) is 0 Å². The summed E-state index contributed by atoms with van der Waals surface area (Å²) in [6, 6.07) is 24.1. The summed E-state index contributed by atoms with van der Waals surface area (Å²) in [7, 11) is 0. The van der Waals surface area contributed by atoms with Crippen molar-refractivity contribution >= 4 is 21.8 Å². The first-order valence-corrected chi connectivity index (χ1v) is 10.0.